The van der Waals surface area contributed by atoms with E-state index in [0.717, 1.165) is 30.0 Å². The highest BCUT2D eigenvalue weighted by atomic mass is 35.5. The van der Waals surface area contributed by atoms with Gasteiger partial charge in [-0.15, -0.1) is 0 Å². The molecule has 0 spiro atoms. The Bertz CT molecular complexity index is 654. The van der Waals surface area contributed by atoms with Crippen molar-refractivity contribution in [1.29, 1.82) is 5.26 Å². The second-order valence-electron chi connectivity index (χ2n) is 5.68. The highest BCUT2D eigenvalue weighted by Gasteiger charge is 2.45. The quantitative estimate of drug-likeness (QED) is 0.924. The van der Waals surface area contributed by atoms with E-state index in [4.69, 9.17) is 11.6 Å². The standard InChI is InChI=1S/C18H17ClN2/c19-16-8-4-5-14(9-16)12-21-17-10-18(11-17,13-20)15-6-2-1-3-7-15/h1-9,17,21H,10-12H2. The summed E-state index contributed by atoms with van der Waals surface area (Å²) in [6, 6.07) is 20.9. The lowest BCUT2D eigenvalue weighted by molar-refractivity contribution is 0.225. The predicted octanol–water partition coefficient (Wildman–Crippen LogP) is 4.05. The number of rotatable bonds is 4. The van der Waals surface area contributed by atoms with E-state index in [9.17, 15) is 5.26 Å². The number of halogens is 1. The van der Waals surface area contributed by atoms with Gasteiger partial charge in [0.25, 0.3) is 0 Å². The molecule has 0 bridgehead atoms. The van der Waals surface area contributed by atoms with Crippen molar-refractivity contribution in [1.82, 2.24) is 5.32 Å². The molecule has 2 nitrogen and oxygen atoms in total. The third-order valence-electron chi connectivity index (χ3n) is 4.21. The molecule has 21 heavy (non-hydrogen) atoms. The van der Waals surface area contributed by atoms with Gasteiger partial charge in [0.2, 0.25) is 0 Å². The first-order valence-corrected chi connectivity index (χ1v) is 7.54. The number of hydrogen-bond donors (Lipinski definition) is 1. The highest BCUT2D eigenvalue weighted by molar-refractivity contribution is 6.30. The number of nitriles is 1. The normalized spacial score (nSPS) is 24.1. The van der Waals surface area contributed by atoms with Gasteiger partial charge in [-0.25, -0.2) is 0 Å². The van der Waals surface area contributed by atoms with Crippen LogP contribution >= 0.6 is 11.6 Å². The van der Waals surface area contributed by atoms with Gasteiger partial charge in [-0.3, -0.25) is 0 Å². The zero-order valence-corrected chi connectivity index (χ0v) is 12.5. The predicted molar refractivity (Wildman–Crippen MR) is 85.0 cm³/mol. The summed E-state index contributed by atoms with van der Waals surface area (Å²) in [4.78, 5) is 0. The zero-order valence-electron chi connectivity index (χ0n) is 11.7. The Hall–Kier alpha value is -1.82. The number of hydrogen-bond acceptors (Lipinski definition) is 2. The van der Waals surface area contributed by atoms with E-state index in [2.05, 4.69) is 29.6 Å². The minimum atomic E-state index is -0.312. The lowest BCUT2D eigenvalue weighted by Crippen LogP contribution is -2.50. The van der Waals surface area contributed by atoms with Gasteiger partial charge >= 0.3 is 0 Å². The molecule has 0 aromatic heterocycles. The van der Waals surface area contributed by atoms with Gasteiger partial charge in [-0.05, 0) is 36.1 Å². The van der Waals surface area contributed by atoms with Crippen molar-refractivity contribution in [2.45, 2.75) is 30.8 Å². The first-order valence-electron chi connectivity index (χ1n) is 7.16. The van der Waals surface area contributed by atoms with Crippen LogP contribution in [-0.4, -0.2) is 6.04 Å². The average Bonchev–Trinajstić information content (AvgIpc) is 2.47. The fourth-order valence-corrected chi connectivity index (χ4v) is 3.20. The Kier molecular flexibility index (Phi) is 3.96. The Morgan fingerprint density at radius 2 is 1.90 bits per heavy atom. The summed E-state index contributed by atoms with van der Waals surface area (Å²) in [6.07, 6.45) is 1.74. The molecule has 1 saturated carbocycles. The molecule has 0 saturated heterocycles. The van der Waals surface area contributed by atoms with Crippen LogP contribution in [0, 0.1) is 11.3 Å². The van der Waals surface area contributed by atoms with E-state index < -0.39 is 0 Å². The molecular weight excluding hydrogens is 280 g/mol. The summed E-state index contributed by atoms with van der Waals surface area (Å²) in [5.41, 5.74) is 2.00. The number of nitrogens with zero attached hydrogens (tertiary/aromatic N) is 1. The maximum absolute atomic E-state index is 9.53. The first-order chi connectivity index (χ1) is 10.2. The molecule has 0 aliphatic heterocycles. The largest absolute Gasteiger partial charge is 0.310 e. The summed E-state index contributed by atoms with van der Waals surface area (Å²) < 4.78 is 0. The van der Waals surface area contributed by atoms with Crippen molar-refractivity contribution in [3.05, 3.63) is 70.7 Å². The molecule has 1 fully saturated rings. The number of nitrogens with one attached hydrogen (secondary N) is 1. The van der Waals surface area contributed by atoms with Crippen LogP contribution in [0.15, 0.2) is 54.6 Å². The van der Waals surface area contributed by atoms with Gasteiger partial charge in [0, 0.05) is 17.6 Å². The lowest BCUT2D eigenvalue weighted by atomic mass is 9.62. The van der Waals surface area contributed by atoms with E-state index in [1.165, 1.54) is 5.56 Å². The summed E-state index contributed by atoms with van der Waals surface area (Å²) in [5, 5.41) is 13.8. The van der Waals surface area contributed by atoms with E-state index in [-0.39, 0.29) is 5.41 Å². The van der Waals surface area contributed by atoms with Gasteiger partial charge in [0.05, 0.1) is 11.5 Å². The Balaban J connectivity index is 1.59. The van der Waals surface area contributed by atoms with E-state index in [0.29, 0.717) is 6.04 Å². The molecule has 106 valence electrons. The summed E-state index contributed by atoms with van der Waals surface area (Å²) >= 11 is 5.98. The van der Waals surface area contributed by atoms with Gasteiger partial charge in [-0.1, -0.05) is 54.1 Å². The van der Waals surface area contributed by atoms with Gasteiger partial charge < -0.3 is 5.32 Å². The van der Waals surface area contributed by atoms with Crippen LogP contribution in [0.4, 0.5) is 0 Å². The van der Waals surface area contributed by atoms with Crippen LogP contribution in [0.3, 0.4) is 0 Å². The molecule has 1 aliphatic rings. The van der Waals surface area contributed by atoms with Crippen LogP contribution in [0.25, 0.3) is 0 Å². The third-order valence-corrected chi connectivity index (χ3v) is 4.45. The van der Waals surface area contributed by atoms with Crippen molar-refractivity contribution in [3.8, 4) is 6.07 Å². The Labute approximate surface area is 130 Å². The minimum Gasteiger partial charge on any atom is -0.310 e. The molecule has 2 aromatic carbocycles. The van der Waals surface area contributed by atoms with Crippen LogP contribution in [0.5, 0.6) is 0 Å². The summed E-state index contributed by atoms with van der Waals surface area (Å²) in [6.45, 7) is 0.793. The fourth-order valence-electron chi connectivity index (χ4n) is 2.98. The smallest absolute Gasteiger partial charge is 0.0852 e. The highest BCUT2D eigenvalue weighted by Crippen LogP contribution is 2.43. The molecule has 3 rings (SSSR count). The fraction of sp³-hybridized carbons (Fsp3) is 0.278. The van der Waals surface area contributed by atoms with E-state index >= 15 is 0 Å². The third kappa shape index (κ3) is 2.95. The Morgan fingerprint density at radius 3 is 2.57 bits per heavy atom. The van der Waals surface area contributed by atoms with Crippen molar-refractivity contribution in [2.75, 3.05) is 0 Å². The average molecular weight is 297 g/mol. The van der Waals surface area contributed by atoms with Crippen LogP contribution < -0.4 is 5.32 Å². The van der Waals surface area contributed by atoms with E-state index in [1.807, 2.05) is 36.4 Å². The molecule has 0 atom stereocenters. The second kappa shape index (κ2) is 5.89. The zero-order chi connectivity index (χ0) is 14.7. The first kappa shape index (κ1) is 14.1. The van der Waals surface area contributed by atoms with Crippen LogP contribution in [0.2, 0.25) is 5.02 Å². The molecule has 0 radical (unpaired) electrons. The topological polar surface area (TPSA) is 35.8 Å². The summed E-state index contributed by atoms with van der Waals surface area (Å²) in [7, 11) is 0. The molecular formula is C18H17ClN2. The van der Waals surface area contributed by atoms with Crippen LogP contribution in [-0.2, 0) is 12.0 Å². The summed E-state index contributed by atoms with van der Waals surface area (Å²) in [5.74, 6) is 0. The van der Waals surface area contributed by atoms with Gasteiger partial charge in [-0.2, -0.15) is 5.26 Å². The molecule has 0 heterocycles. The number of benzene rings is 2. The van der Waals surface area contributed by atoms with Gasteiger partial charge in [0.15, 0.2) is 0 Å². The van der Waals surface area contributed by atoms with Crippen molar-refractivity contribution in [3.63, 3.8) is 0 Å². The molecule has 0 amide bonds. The molecule has 1 N–H and O–H groups in total. The van der Waals surface area contributed by atoms with Crippen molar-refractivity contribution >= 4 is 11.6 Å². The maximum atomic E-state index is 9.53. The SMILES string of the molecule is N#CC1(c2ccccc2)CC(NCc2cccc(Cl)c2)C1. The van der Waals surface area contributed by atoms with Crippen molar-refractivity contribution < 1.29 is 0 Å². The Morgan fingerprint density at radius 1 is 1.14 bits per heavy atom. The second-order valence-corrected chi connectivity index (χ2v) is 6.11. The minimum absolute atomic E-state index is 0.312. The molecule has 2 aromatic rings. The van der Waals surface area contributed by atoms with E-state index in [1.54, 1.807) is 0 Å². The lowest BCUT2D eigenvalue weighted by Gasteiger charge is -2.43. The molecule has 0 unspecified atom stereocenters. The molecule has 1 aliphatic carbocycles. The van der Waals surface area contributed by atoms with Crippen molar-refractivity contribution in [2.24, 2.45) is 0 Å². The monoisotopic (exact) mass is 296 g/mol. The van der Waals surface area contributed by atoms with Crippen LogP contribution in [0.1, 0.15) is 24.0 Å². The van der Waals surface area contributed by atoms with Gasteiger partial charge in [0.1, 0.15) is 0 Å². The maximum Gasteiger partial charge on any atom is 0.0852 e. The molecule has 3 heteroatoms.